The Morgan fingerprint density at radius 2 is 2.16 bits per heavy atom. The van der Waals surface area contributed by atoms with E-state index in [9.17, 15) is 9.18 Å². The Morgan fingerprint density at radius 3 is 2.79 bits per heavy atom. The number of carbonyl (C=O) groups excluding carboxylic acids is 1. The fourth-order valence-corrected chi connectivity index (χ4v) is 1.73. The lowest BCUT2D eigenvalue weighted by Gasteiger charge is -2.07. The number of benzene rings is 1. The third-order valence-corrected chi connectivity index (χ3v) is 2.63. The quantitative estimate of drug-likeness (QED) is 0.829. The van der Waals surface area contributed by atoms with Crippen LogP contribution in [0.4, 0.5) is 10.1 Å². The summed E-state index contributed by atoms with van der Waals surface area (Å²) in [6.45, 7) is 3.48. The maximum atomic E-state index is 13.8. The van der Waals surface area contributed by atoms with Gasteiger partial charge >= 0.3 is 0 Å². The van der Waals surface area contributed by atoms with E-state index in [2.05, 4.69) is 10.5 Å². The normalized spacial score (nSPS) is 10.5. The van der Waals surface area contributed by atoms with E-state index in [0.29, 0.717) is 22.7 Å². The van der Waals surface area contributed by atoms with Crippen molar-refractivity contribution >= 4 is 11.6 Å². The molecule has 1 aromatic heterocycles. The predicted octanol–water partition coefficient (Wildman–Crippen LogP) is 1.94. The molecule has 5 nitrogen and oxygen atoms in total. The highest BCUT2D eigenvalue weighted by molar-refractivity contribution is 5.95. The molecule has 0 aliphatic carbocycles. The molecule has 1 amide bonds. The topological polar surface area (TPSA) is 81.2 Å². The van der Waals surface area contributed by atoms with Gasteiger partial charge in [0.25, 0.3) is 5.91 Å². The zero-order valence-electron chi connectivity index (χ0n) is 10.7. The molecule has 6 heteroatoms. The molecule has 0 aliphatic rings. The minimum atomic E-state index is -0.567. The van der Waals surface area contributed by atoms with E-state index >= 15 is 0 Å². The lowest BCUT2D eigenvalue weighted by Crippen LogP contribution is -2.24. The van der Waals surface area contributed by atoms with Crippen LogP contribution < -0.4 is 11.1 Å². The molecule has 2 rings (SSSR count). The number of nitrogens with zero attached hydrogens (tertiary/aromatic N) is 1. The van der Waals surface area contributed by atoms with Gasteiger partial charge in [0.2, 0.25) is 0 Å². The summed E-state index contributed by atoms with van der Waals surface area (Å²) in [6.07, 6.45) is 0. The van der Waals surface area contributed by atoms with Crippen molar-refractivity contribution in [3.8, 4) is 0 Å². The smallest absolute Gasteiger partial charge is 0.254 e. The zero-order valence-corrected chi connectivity index (χ0v) is 10.7. The molecule has 2 aromatic rings. The maximum Gasteiger partial charge on any atom is 0.254 e. The van der Waals surface area contributed by atoms with Gasteiger partial charge in [0.05, 0.1) is 12.1 Å². The number of halogens is 1. The minimum Gasteiger partial charge on any atom is -0.399 e. The second-order valence-corrected chi connectivity index (χ2v) is 4.31. The number of nitrogen functional groups attached to an aromatic ring is 1. The highest BCUT2D eigenvalue weighted by Crippen LogP contribution is 2.17. The summed E-state index contributed by atoms with van der Waals surface area (Å²) in [6, 6.07) is 4.49. The Morgan fingerprint density at radius 1 is 1.42 bits per heavy atom. The van der Waals surface area contributed by atoms with Crippen LogP contribution in [0, 0.1) is 19.7 Å². The summed E-state index contributed by atoms with van der Waals surface area (Å²) in [4.78, 5) is 11.9. The monoisotopic (exact) mass is 263 g/mol. The number of anilines is 1. The van der Waals surface area contributed by atoms with Crippen LogP contribution in [0.15, 0.2) is 22.7 Å². The molecule has 3 N–H and O–H groups in total. The molecule has 100 valence electrons. The number of amides is 1. The summed E-state index contributed by atoms with van der Waals surface area (Å²) >= 11 is 0. The van der Waals surface area contributed by atoms with Crippen molar-refractivity contribution in [1.29, 1.82) is 0 Å². The molecule has 0 saturated carbocycles. The van der Waals surface area contributed by atoms with Crippen LogP contribution in [0.25, 0.3) is 0 Å². The third-order valence-electron chi connectivity index (χ3n) is 2.63. The van der Waals surface area contributed by atoms with E-state index in [4.69, 9.17) is 10.3 Å². The first-order chi connectivity index (χ1) is 8.97. The van der Waals surface area contributed by atoms with Gasteiger partial charge in [0, 0.05) is 11.8 Å². The second kappa shape index (κ2) is 5.09. The van der Waals surface area contributed by atoms with Gasteiger partial charge in [-0.05, 0) is 31.5 Å². The van der Waals surface area contributed by atoms with Crippen LogP contribution in [0.2, 0.25) is 0 Å². The van der Waals surface area contributed by atoms with Crippen molar-refractivity contribution in [2.45, 2.75) is 20.4 Å². The number of carbonyl (C=O) groups is 1. The lowest BCUT2D eigenvalue weighted by molar-refractivity contribution is 0.0946. The van der Waals surface area contributed by atoms with E-state index < -0.39 is 11.7 Å². The lowest BCUT2D eigenvalue weighted by atomic mass is 10.1. The molecule has 0 atom stereocenters. The Hall–Kier alpha value is -2.37. The van der Waals surface area contributed by atoms with E-state index in [1.807, 2.05) is 0 Å². The van der Waals surface area contributed by atoms with Crippen LogP contribution >= 0.6 is 0 Å². The van der Waals surface area contributed by atoms with E-state index in [0.717, 1.165) is 0 Å². The van der Waals surface area contributed by atoms with Crippen molar-refractivity contribution in [3.63, 3.8) is 0 Å². The molecule has 0 spiro atoms. The average molecular weight is 263 g/mol. The summed E-state index contributed by atoms with van der Waals surface area (Å²) < 4.78 is 18.7. The van der Waals surface area contributed by atoms with Crippen LogP contribution in [0.3, 0.4) is 0 Å². The molecule has 0 saturated heterocycles. The van der Waals surface area contributed by atoms with Gasteiger partial charge in [0.1, 0.15) is 17.3 Å². The Bertz CT molecular complexity index is 622. The molecule has 0 unspecified atom stereocenters. The molecule has 0 bridgehead atoms. The van der Waals surface area contributed by atoms with E-state index in [-0.39, 0.29) is 12.1 Å². The van der Waals surface area contributed by atoms with Gasteiger partial charge in [-0.1, -0.05) is 5.16 Å². The summed E-state index contributed by atoms with van der Waals surface area (Å²) in [5.41, 5.74) is 6.79. The Balaban J connectivity index is 2.12. The molecular weight excluding hydrogens is 249 g/mol. The summed E-state index contributed by atoms with van der Waals surface area (Å²) in [7, 11) is 0. The summed E-state index contributed by atoms with van der Waals surface area (Å²) in [5.74, 6) is -0.452. The predicted molar refractivity (Wildman–Crippen MR) is 68.0 cm³/mol. The number of nitrogens with two attached hydrogens (primary N) is 1. The van der Waals surface area contributed by atoms with Crippen molar-refractivity contribution < 1.29 is 13.7 Å². The number of nitrogens with one attached hydrogen (secondary N) is 1. The fraction of sp³-hybridized carbons (Fsp3) is 0.231. The Labute approximate surface area is 109 Å². The SMILES string of the molecule is Cc1cc(CNC(=O)c2cc(N)cc(C)c2F)no1. The van der Waals surface area contributed by atoms with Gasteiger partial charge in [-0.3, -0.25) is 4.79 Å². The molecule has 1 heterocycles. The number of hydrogen-bond acceptors (Lipinski definition) is 4. The maximum absolute atomic E-state index is 13.8. The standard InChI is InChI=1S/C13H14FN3O2/c1-7-3-9(15)5-11(12(7)14)13(18)16-6-10-4-8(2)19-17-10/h3-5H,6,15H2,1-2H3,(H,16,18). The van der Waals surface area contributed by atoms with Crippen LogP contribution in [0.1, 0.15) is 27.4 Å². The molecule has 19 heavy (non-hydrogen) atoms. The van der Waals surface area contributed by atoms with Crippen molar-refractivity contribution in [1.82, 2.24) is 10.5 Å². The zero-order chi connectivity index (χ0) is 14.0. The largest absolute Gasteiger partial charge is 0.399 e. The van der Waals surface area contributed by atoms with Gasteiger partial charge < -0.3 is 15.6 Å². The van der Waals surface area contributed by atoms with Crippen LogP contribution in [-0.2, 0) is 6.54 Å². The van der Waals surface area contributed by atoms with Crippen molar-refractivity contribution in [2.24, 2.45) is 0 Å². The third kappa shape index (κ3) is 2.90. The first kappa shape index (κ1) is 13.1. The number of aryl methyl sites for hydroxylation is 2. The van der Waals surface area contributed by atoms with Gasteiger partial charge in [-0.2, -0.15) is 0 Å². The highest BCUT2D eigenvalue weighted by Gasteiger charge is 2.15. The first-order valence-corrected chi connectivity index (χ1v) is 5.73. The second-order valence-electron chi connectivity index (χ2n) is 4.31. The van der Waals surface area contributed by atoms with Crippen molar-refractivity contribution in [3.05, 3.63) is 46.6 Å². The Kier molecular flexibility index (Phi) is 3.50. The molecule has 0 fully saturated rings. The van der Waals surface area contributed by atoms with Crippen LogP contribution in [0.5, 0.6) is 0 Å². The van der Waals surface area contributed by atoms with E-state index in [1.165, 1.54) is 12.1 Å². The van der Waals surface area contributed by atoms with E-state index in [1.54, 1.807) is 19.9 Å². The number of aromatic nitrogens is 1. The number of rotatable bonds is 3. The highest BCUT2D eigenvalue weighted by atomic mass is 19.1. The van der Waals surface area contributed by atoms with Gasteiger partial charge in [0.15, 0.2) is 0 Å². The van der Waals surface area contributed by atoms with Crippen molar-refractivity contribution in [2.75, 3.05) is 5.73 Å². The average Bonchev–Trinajstić information content (AvgIpc) is 2.76. The first-order valence-electron chi connectivity index (χ1n) is 5.73. The molecular formula is C13H14FN3O2. The van der Waals surface area contributed by atoms with Crippen LogP contribution in [-0.4, -0.2) is 11.1 Å². The summed E-state index contributed by atoms with van der Waals surface area (Å²) in [5, 5.41) is 6.30. The van der Waals surface area contributed by atoms with Gasteiger partial charge in [-0.15, -0.1) is 0 Å². The number of hydrogen-bond donors (Lipinski definition) is 2. The minimum absolute atomic E-state index is 0.0716. The van der Waals surface area contributed by atoms with Gasteiger partial charge in [-0.25, -0.2) is 4.39 Å². The molecule has 0 radical (unpaired) electrons. The fourth-order valence-electron chi connectivity index (χ4n) is 1.73. The molecule has 1 aromatic carbocycles. The molecule has 0 aliphatic heterocycles.